The molecule has 2 rings (SSSR count). The SMILES string of the molecule is Cc1cc([N+](=O)[O-])ccc1NC(C)c1ccccc1O. The molecule has 2 aromatic rings. The number of nitrogens with zero attached hydrogens (tertiary/aromatic N) is 1. The van der Waals surface area contributed by atoms with Crippen molar-refractivity contribution in [1.82, 2.24) is 0 Å². The van der Waals surface area contributed by atoms with E-state index in [4.69, 9.17) is 0 Å². The van der Waals surface area contributed by atoms with Gasteiger partial charge in [-0.15, -0.1) is 0 Å². The first-order valence-electron chi connectivity index (χ1n) is 6.28. The van der Waals surface area contributed by atoms with Crippen molar-refractivity contribution in [2.45, 2.75) is 19.9 Å². The van der Waals surface area contributed by atoms with Crippen LogP contribution in [-0.2, 0) is 0 Å². The summed E-state index contributed by atoms with van der Waals surface area (Å²) < 4.78 is 0. The molecule has 0 aliphatic rings. The van der Waals surface area contributed by atoms with Crippen LogP contribution in [0.25, 0.3) is 0 Å². The third kappa shape index (κ3) is 2.88. The van der Waals surface area contributed by atoms with E-state index in [9.17, 15) is 15.2 Å². The van der Waals surface area contributed by atoms with Crippen LogP contribution < -0.4 is 5.32 Å². The molecule has 0 aliphatic carbocycles. The Morgan fingerprint density at radius 1 is 1.25 bits per heavy atom. The fraction of sp³-hybridized carbons (Fsp3) is 0.200. The summed E-state index contributed by atoms with van der Waals surface area (Å²) in [4.78, 5) is 10.3. The van der Waals surface area contributed by atoms with Crippen molar-refractivity contribution in [1.29, 1.82) is 0 Å². The Balaban J connectivity index is 2.22. The topological polar surface area (TPSA) is 75.4 Å². The van der Waals surface area contributed by atoms with E-state index in [1.54, 1.807) is 18.2 Å². The summed E-state index contributed by atoms with van der Waals surface area (Å²) in [7, 11) is 0. The standard InChI is InChI=1S/C15H16N2O3/c1-10-9-12(17(19)20)7-8-14(10)16-11(2)13-5-3-4-6-15(13)18/h3-9,11,16,18H,1-2H3. The van der Waals surface area contributed by atoms with E-state index in [0.29, 0.717) is 0 Å². The highest BCUT2D eigenvalue weighted by atomic mass is 16.6. The van der Waals surface area contributed by atoms with Crippen molar-refractivity contribution in [3.05, 3.63) is 63.7 Å². The van der Waals surface area contributed by atoms with Crippen molar-refractivity contribution in [2.75, 3.05) is 5.32 Å². The summed E-state index contributed by atoms with van der Waals surface area (Å²) >= 11 is 0. The van der Waals surface area contributed by atoms with Crippen LogP contribution in [0.5, 0.6) is 5.75 Å². The fourth-order valence-corrected chi connectivity index (χ4v) is 2.09. The number of anilines is 1. The number of hydrogen-bond acceptors (Lipinski definition) is 4. The number of para-hydroxylation sites is 1. The Morgan fingerprint density at radius 2 is 1.95 bits per heavy atom. The molecule has 0 aliphatic heterocycles. The van der Waals surface area contributed by atoms with Crippen LogP contribution in [0.3, 0.4) is 0 Å². The van der Waals surface area contributed by atoms with E-state index in [2.05, 4.69) is 5.32 Å². The van der Waals surface area contributed by atoms with Gasteiger partial charge in [-0.3, -0.25) is 10.1 Å². The van der Waals surface area contributed by atoms with Gasteiger partial charge in [0, 0.05) is 23.4 Å². The van der Waals surface area contributed by atoms with Gasteiger partial charge in [-0.05, 0) is 31.5 Å². The van der Waals surface area contributed by atoms with Crippen LogP contribution in [0, 0.1) is 17.0 Å². The third-order valence-electron chi connectivity index (χ3n) is 3.20. The second-order valence-electron chi connectivity index (χ2n) is 4.68. The Kier molecular flexibility index (Phi) is 3.89. The summed E-state index contributed by atoms with van der Waals surface area (Å²) in [6, 6.07) is 11.7. The maximum atomic E-state index is 10.7. The van der Waals surface area contributed by atoms with Crippen molar-refractivity contribution in [3.63, 3.8) is 0 Å². The summed E-state index contributed by atoms with van der Waals surface area (Å²) in [6.45, 7) is 3.74. The molecule has 2 N–H and O–H groups in total. The van der Waals surface area contributed by atoms with Crippen LogP contribution >= 0.6 is 0 Å². The van der Waals surface area contributed by atoms with Crippen molar-refractivity contribution < 1.29 is 10.0 Å². The first-order chi connectivity index (χ1) is 9.49. The number of aromatic hydroxyl groups is 1. The number of hydrogen-bond donors (Lipinski definition) is 2. The van der Waals surface area contributed by atoms with Crippen LogP contribution in [0.15, 0.2) is 42.5 Å². The second kappa shape index (κ2) is 5.61. The van der Waals surface area contributed by atoms with Crippen molar-refractivity contribution in [3.8, 4) is 5.75 Å². The third-order valence-corrected chi connectivity index (χ3v) is 3.20. The minimum absolute atomic E-state index is 0.0725. The van der Waals surface area contributed by atoms with Crippen LogP contribution in [0.4, 0.5) is 11.4 Å². The minimum atomic E-state index is -0.413. The maximum absolute atomic E-state index is 10.7. The van der Waals surface area contributed by atoms with Gasteiger partial charge in [-0.2, -0.15) is 0 Å². The van der Waals surface area contributed by atoms with Crippen molar-refractivity contribution >= 4 is 11.4 Å². The smallest absolute Gasteiger partial charge is 0.269 e. The molecule has 0 radical (unpaired) electrons. The molecule has 0 aromatic heterocycles. The zero-order valence-corrected chi connectivity index (χ0v) is 11.3. The van der Waals surface area contributed by atoms with E-state index in [1.165, 1.54) is 12.1 Å². The lowest BCUT2D eigenvalue weighted by molar-refractivity contribution is -0.384. The zero-order chi connectivity index (χ0) is 14.7. The van der Waals surface area contributed by atoms with Crippen LogP contribution in [0.2, 0.25) is 0 Å². The molecule has 1 unspecified atom stereocenters. The summed E-state index contributed by atoms with van der Waals surface area (Å²) in [6.07, 6.45) is 0. The molecule has 0 saturated heterocycles. The fourth-order valence-electron chi connectivity index (χ4n) is 2.09. The van der Waals surface area contributed by atoms with Gasteiger partial charge in [-0.1, -0.05) is 18.2 Å². The average Bonchev–Trinajstić information content (AvgIpc) is 2.41. The first kappa shape index (κ1) is 13.9. The molecule has 20 heavy (non-hydrogen) atoms. The first-order valence-corrected chi connectivity index (χ1v) is 6.28. The molecule has 0 fully saturated rings. The number of nitro benzene ring substituents is 1. The molecule has 0 bridgehead atoms. The Morgan fingerprint density at radius 3 is 2.55 bits per heavy atom. The maximum Gasteiger partial charge on any atom is 0.269 e. The van der Waals surface area contributed by atoms with E-state index in [-0.39, 0.29) is 17.5 Å². The number of nitrogens with one attached hydrogen (secondary N) is 1. The largest absolute Gasteiger partial charge is 0.508 e. The van der Waals surface area contributed by atoms with E-state index >= 15 is 0 Å². The normalized spacial score (nSPS) is 11.9. The van der Waals surface area contributed by atoms with Gasteiger partial charge in [0.05, 0.1) is 11.0 Å². The number of phenolic OH excluding ortho intramolecular Hbond substituents is 1. The molecular formula is C15H16N2O3. The summed E-state index contributed by atoms with van der Waals surface area (Å²) in [5.74, 6) is 0.229. The van der Waals surface area contributed by atoms with Gasteiger partial charge in [-0.25, -0.2) is 0 Å². The predicted molar refractivity (Wildman–Crippen MR) is 78.0 cm³/mol. The molecule has 0 saturated carbocycles. The quantitative estimate of drug-likeness (QED) is 0.656. The second-order valence-corrected chi connectivity index (χ2v) is 4.68. The molecule has 104 valence electrons. The number of nitro groups is 1. The van der Waals surface area contributed by atoms with E-state index < -0.39 is 4.92 Å². The lowest BCUT2D eigenvalue weighted by Gasteiger charge is -2.18. The Hall–Kier alpha value is -2.56. The zero-order valence-electron chi connectivity index (χ0n) is 11.3. The van der Waals surface area contributed by atoms with Crippen LogP contribution in [-0.4, -0.2) is 10.0 Å². The number of benzene rings is 2. The van der Waals surface area contributed by atoms with Gasteiger partial charge >= 0.3 is 0 Å². The molecule has 0 heterocycles. The van der Waals surface area contributed by atoms with Gasteiger partial charge in [0.2, 0.25) is 0 Å². The monoisotopic (exact) mass is 272 g/mol. The Labute approximate surface area is 117 Å². The molecule has 0 amide bonds. The number of non-ortho nitro benzene ring substituents is 1. The molecule has 5 nitrogen and oxygen atoms in total. The van der Waals surface area contributed by atoms with Crippen LogP contribution in [0.1, 0.15) is 24.1 Å². The molecule has 2 aromatic carbocycles. The van der Waals surface area contributed by atoms with E-state index in [1.807, 2.05) is 26.0 Å². The molecule has 0 spiro atoms. The molecule has 1 atom stereocenters. The highest BCUT2D eigenvalue weighted by Crippen LogP contribution is 2.29. The average molecular weight is 272 g/mol. The van der Waals surface area contributed by atoms with Gasteiger partial charge in [0.1, 0.15) is 5.75 Å². The summed E-state index contributed by atoms with van der Waals surface area (Å²) in [5, 5.41) is 23.8. The number of aryl methyl sites for hydroxylation is 1. The van der Waals surface area contributed by atoms with Gasteiger partial charge < -0.3 is 10.4 Å². The van der Waals surface area contributed by atoms with Gasteiger partial charge in [0.15, 0.2) is 0 Å². The minimum Gasteiger partial charge on any atom is -0.508 e. The highest BCUT2D eigenvalue weighted by Gasteiger charge is 2.12. The predicted octanol–water partition coefficient (Wildman–Crippen LogP) is 3.78. The number of phenols is 1. The lowest BCUT2D eigenvalue weighted by atomic mass is 10.1. The van der Waals surface area contributed by atoms with Gasteiger partial charge in [0.25, 0.3) is 5.69 Å². The van der Waals surface area contributed by atoms with E-state index in [0.717, 1.165) is 16.8 Å². The highest BCUT2D eigenvalue weighted by molar-refractivity contribution is 5.57. The lowest BCUT2D eigenvalue weighted by Crippen LogP contribution is -2.08. The Bertz CT molecular complexity index is 641. The van der Waals surface area contributed by atoms with Crippen molar-refractivity contribution in [2.24, 2.45) is 0 Å². The summed E-state index contributed by atoms with van der Waals surface area (Å²) in [5.41, 5.74) is 2.46. The number of rotatable bonds is 4. The molecule has 5 heteroatoms. The molecular weight excluding hydrogens is 256 g/mol.